The van der Waals surface area contributed by atoms with E-state index in [-0.39, 0.29) is 29.6 Å². The van der Waals surface area contributed by atoms with Crippen molar-refractivity contribution in [3.8, 4) is 0 Å². The molecule has 0 amide bonds. The molecule has 0 saturated carbocycles. The first kappa shape index (κ1) is 15.6. The number of rotatable bonds is 7. The van der Waals surface area contributed by atoms with Gasteiger partial charge in [-0.05, 0) is 6.42 Å². The topological polar surface area (TPSA) is 37.3 Å². The minimum Gasteiger partial charge on any atom is -0.306 e. The third kappa shape index (κ3) is 13.7. The van der Waals surface area contributed by atoms with Gasteiger partial charge in [-0.1, -0.05) is 39.0 Å². The van der Waals surface area contributed by atoms with Gasteiger partial charge in [-0.25, -0.2) is 4.21 Å². The Kier molecular flexibility index (Phi) is 15.7. The molecule has 0 bridgehead atoms. The van der Waals surface area contributed by atoms with Crippen LogP contribution in [-0.4, -0.2) is 14.5 Å². The fraction of sp³-hybridized carbons (Fsp3) is 1.00. The van der Waals surface area contributed by atoms with E-state index in [4.69, 9.17) is 4.55 Å². The van der Waals surface area contributed by atoms with Gasteiger partial charge in [0.2, 0.25) is 0 Å². The van der Waals surface area contributed by atoms with E-state index < -0.39 is 11.1 Å². The van der Waals surface area contributed by atoms with Crippen molar-refractivity contribution in [1.29, 1.82) is 0 Å². The molecule has 0 spiro atoms. The zero-order valence-electron chi connectivity index (χ0n) is 8.21. The van der Waals surface area contributed by atoms with Gasteiger partial charge in [0.1, 0.15) is 0 Å². The Hall–Kier alpha value is 1.11. The second kappa shape index (κ2) is 12.1. The summed E-state index contributed by atoms with van der Waals surface area (Å²) in [6, 6.07) is 0. The van der Waals surface area contributed by atoms with Gasteiger partial charge in [0.25, 0.3) is 0 Å². The van der Waals surface area contributed by atoms with Crippen LogP contribution in [0.4, 0.5) is 0 Å². The van der Waals surface area contributed by atoms with Crippen molar-refractivity contribution in [2.75, 3.05) is 5.75 Å². The van der Waals surface area contributed by atoms with E-state index in [1.807, 2.05) is 0 Å². The molecule has 68 valence electrons. The van der Waals surface area contributed by atoms with Crippen molar-refractivity contribution in [2.24, 2.45) is 0 Å². The molecule has 2 nitrogen and oxygen atoms in total. The van der Waals surface area contributed by atoms with Gasteiger partial charge >= 0.3 is 29.6 Å². The van der Waals surface area contributed by atoms with E-state index in [9.17, 15) is 4.21 Å². The molecule has 0 aliphatic rings. The Morgan fingerprint density at radius 3 is 2.08 bits per heavy atom. The minimum absolute atomic E-state index is 0. The number of hydrogen-bond acceptors (Lipinski definition) is 1. The molecule has 0 saturated heterocycles. The second-order valence-corrected chi connectivity index (χ2v) is 3.84. The predicted octanol–water partition coefficient (Wildman–Crippen LogP) is -0.427. The van der Waals surface area contributed by atoms with E-state index in [1.54, 1.807) is 0 Å². The van der Waals surface area contributed by atoms with Crippen LogP contribution in [0.25, 0.3) is 0 Å². The maximum Gasteiger partial charge on any atom is 1.00 e. The normalized spacial score (nSPS) is 12.2. The van der Waals surface area contributed by atoms with Crippen molar-refractivity contribution in [1.82, 2.24) is 0 Å². The molecule has 12 heavy (non-hydrogen) atoms. The molecule has 0 rings (SSSR count). The van der Waals surface area contributed by atoms with Crippen molar-refractivity contribution < 1.29 is 38.3 Å². The van der Waals surface area contributed by atoms with Gasteiger partial charge in [-0.15, -0.1) is 0 Å². The fourth-order valence-corrected chi connectivity index (χ4v) is 1.46. The largest absolute Gasteiger partial charge is 1.00 e. The molecule has 0 aromatic heterocycles. The van der Waals surface area contributed by atoms with Crippen LogP contribution in [0, 0.1) is 0 Å². The summed E-state index contributed by atoms with van der Waals surface area (Å²) < 4.78 is 18.6. The molecule has 0 radical (unpaired) electrons. The number of hydrogen-bond donors (Lipinski definition) is 1. The Bertz CT molecular complexity index is 109. The molecule has 1 N–H and O–H groups in total. The van der Waals surface area contributed by atoms with Gasteiger partial charge in [-0.3, -0.25) is 0 Å². The molecule has 0 aliphatic heterocycles. The summed E-state index contributed by atoms with van der Waals surface area (Å²) in [6.45, 7) is 2.18. The standard InChI is InChI=1S/C8H18O2S.Na/c1-2-3-4-5-6-7-8-11(9)10;/h2-8H2,1H3,(H,9,10);/q;+1. The van der Waals surface area contributed by atoms with Crippen LogP contribution >= 0.6 is 0 Å². The summed E-state index contributed by atoms with van der Waals surface area (Å²) in [7, 11) is 0. The average molecular weight is 201 g/mol. The molecule has 1 unspecified atom stereocenters. The quantitative estimate of drug-likeness (QED) is 0.345. The van der Waals surface area contributed by atoms with E-state index in [0.29, 0.717) is 5.75 Å². The molecule has 0 heterocycles. The average Bonchev–Trinajstić information content (AvgIpc) is 1.96. The van der Waals surface area contributed by atoms with Crippen molar-refractivity contribution >= 4 is 11.1 Å². The summed E-state index contributed by atoms with van der Waals surface area (Å²) in [4.78, 5) is 0. The van der Waals surface area contributed by atoms with Crippen LogP contribution in [0.1, 0.15) is 45.4 Å². The zero-order chi connectivity index (χ0) is 8.53. The maximum atomic E-state index is 10.2. The first-order valence-corrected chi connectivity index (χ1v) is 5.62. The van der Waals surface area contributed by atoms with Gasteiger partial charge in [0.15, 0.2) is 11.1 Å². The Morgan fingerprint density at radius 2 is 1.58 bits per heavy atom. The summed E-state index contributed by atoms with van der Waals surface area (Å²) in [5, 5.41) is 0. The van der Waals surface area contributed by atoms with Gasteiger partial charge in [0.05, 0.1) is 0 Å². The third-order valence-corrected chi connectivity index (χ3v) is 2.31. The van der Waals surface area contributed by atoms with E-state index >= 15 is 0 Å². The summed E-state index contributed by atoms with van der Waals surface area (Å²) >= 11 is -1.57. The van der Waals surface area contributed by atoms with Gasteiger partial charge in [-0.2, -0.15) is 0 Å². The Balaban J connectivity index is 0. The summed E-state index contributed by atoms with van der Waals surface area (Å²) in [5.41, 5.74) is 0. The monoisotopic (exact) mass is 201 g/mol. The van der Waals surface area contributed by atoms with E-state index in [0.717, 1.165) is 12.8 Å². The molecule has 1 atom stereocenters. The zero-order valence-corrected chi connectivity index (χ0v) is 11.0. The van der Waals surface area contributed by atoms with E-state index in [1.165, 1.54) is 25.7 Å². The van der Waals surface area contributed by atoms with Crippen LogP contribution in [-0.2, 0) is 11.1 Å². The van der Waals surface area contributed by atoms with Crippen LogP contribution < -0.4 is 29.6 Å². The van der Waals surface area contributed by atoms with Crippen molar-refractivity contribution in [3.63, 3.8) is 0 Å². The van der Waals surface area contributed by atoms with Crippen LogP contribution in [0.5, 0.6) is 0 Å². The number of unbranched alkanes of at least 4 members (excludes halogenated alkanes) is 5. The Labute approximate surface area is 100 Å². The van der Waals surface area contributed by atoms with Crippen LogP contribution in [0.2, 0.25) is 0 Å². The van der Waals surface area contributed by atoms with E-state index in [2.05, 4.69) is 6.92 Å². The van der Waals surface area contributed by atoms with Crippen molar-refractivity contribution in [3.05, 3.63) is 0 Å². The van der Waals surface area contributed by atoms with Crippen LogP contribution in [0.15, 0.2) is 0 Å². The SMILES string of the molecule is CCCCCCCCS(=O)O.[Na+]. The molecule has 4 heteroatoms. The molecule has 0 aromatic rings. The molecular weight excluding hydrogens is 183 g/mol. The third-order valence-electron chi connectivity index (χ3n) is 1.67. The first-order chi connectivity index (χ1) is 5.27. The maximum absolute atomic E-state index is 10.2. The molecule has 0 aromatic carbocycles. The summed E-state index contributed by atoms with van der Waals surface area (Å²) in [5.74, 6) is 0.451. The minimum atomic E-state index is -1.57. The van der Waals surface area contributed by atoms with Gasteiger partial charge in [0, 0.05) is 5.75 Å². The summed E-state index contributed by atoms with van der Waals surface area (Å²) in [6.07, 6.45) is 7.03. The molecule has 0 aliphatic carbocycles. The molecule has 0 fully saturated rings. The smallest absolute Gasteiger partial charge is 0.306 e. The Morgan fingerprint density at radius 1 is 1.08 bits per heavy atom. The van der Waals surface area contributed by atoms with Crippen LogP contribution in [0.3, 0.4) is 0 Å². The van der Waals surface area contributed by atoms with Crippen molar-refractivity contribution in [2.45, 2.75) is 45.4 Å². The fourth-order valence-electron chi connectivity index (χ4n) is 1.01. The second-order valence-electron chi connectivity index (χ2n) is 2.79. The van der Waals surface area contributed by atoms with Gasteiger partial charge < -0.3 is 4.55 Å². The first-order valence-electron chi connectivity index (χ1n) is 4.35. The predicted molar refractivity (Wildman–Crippen MR) is 49.0 cm³/mol. The molecular formula is C8H18NaO2S+.